The molecule has 19 heavy (non-hydrogen) atoms. The Kier molecular flexibility index (Phi) is 3.71. The van der Waals surface area contributed by atoms with Gasteiger partial charge in [-0.3, -0.25) is 4.79 Å². The second kappa shape index (κ2) is 5.28. The Hall–Kier alpha value is -2.07. The number of aliphatic hydroxyl groups is 1. The maximum Gasteiger partial charge on any atom is 0.201 e. The normalized spacial score (nSPS) is 12.2. The van der Waals surface area contributed by atoms with Crippen LogP contribution in [-0.4, -0.2) is 10.9 Å². The molecule has 0 fully saturated rings. The topological polar surface area (TPSA) is 37.3 Å². The molecular weight excluding hydrogens is 250 g/mol. The minimum atomic E-state index is -1.58. The number of ketones is 1. The lowest BCUT2D eigenvalue weighted by Crippen LogP contribution is -2.16. The first-order valence-electron chi connectivity index (χ1n) is 5.74. The fourth-order valence-electron chi connectivity index (χ4n) is 1.81. The van der Waals surface area contributed by atoms with Crippen LogP contribution in [0.15, 0.2) is 42.5 Å². The highest BCUT2D eigenvalue weighted by atomic mass is 19.1. The Balaban J connectivity index is 2.43. The van der Waals surface area contributed by atoms with E-state index >= 15 is 0 Å². The number of aryl methyl sites for hydroxylation is 1. The first-order chi connectivity index (χ1) is 9.02. The van der Waals surface area contributed by atoms with Gasteiger partial charge in [0, 0.05) is 0 Å². The van der Waals surface area contributed by atoms with Crippen molar-refractivity contribution in [2.75, 3.05) is 0 Å². The van der Waals surface area contributed by atoms with Crippen molar-refractivity contribution in [2.45, 2.75) is 13.0 Å². The molecule has 1 unspecified atom stereocenters. The van der Waals surface area contributed by atoms with Gasteiger partial charge >= 0.3 is 0 Å². The van der Waals surface area contributed by atoms with Crippen molar-refractivity contribution in [3.05, 3.63) is 70.8 Å². The van der Waals surface area contributed by atoms with E-state index in [-0.39, 0.29) is 5.56 Å². The summed E-state index contributed by atoms with van der Waals surface area (Å²) in [7, 11) is 0. The van der Waals surface area contributed by atoms with Crippen molar-refractivity contribution in [1.82, 2.24) is 0 Å². The second-order valence-corrected chi connectivity index (χ2v) is 4.23. The van der Waals surface area contributed by atoms with Gasteiger partial charge in [-0.2, -0.15) is 0 Å². The molecule has 1 N–H and O–H groups in total. The van der Waals surface area contributed by atoms with Gasteiger partial charge in [0.1, 0.15) is 17.7 Å². The molecule has 2 nitrogen and oxygen atoms in total. The maximum absolute atomic E-state index is 13.8. The van der Waals surface area contributed by atoms with Crippen molar-refractivity contribution in [3.63, 3.8) is 0 Å². The highest BCUT2D eigenvalue weighted by molar-refractivity contribution is 6.00. The highest BCUT2D eigenvalue weighted by Crippen LogP contribution is 2.23. The molecule has 0 aliphatic rings. The zero-order valence-corrected chi connectivity index (χ0v) is 10.2. The monoisotopic (exact) mass is 262 g/mol. The highest BCUT2D eigenvalue weighted by Gasteiger charge is 2.26. The summed E-state index contributed by atoms with van der Waals surface area (Å²) < 4.78 is 27.4. The SMILES string of the molecule is Cc1ccc(F)c(C(=O)C(O)c2ccccc2)c1F. The maximum atomic E-state index is 13.8. The molecule has 0 bridgehead atoms. The number of halogens is 2. The van der Waals surface area contributed by atoms with Crippen LogP contribution in [0.5, 0.6) is 0 Å². The summed E-state index contributed by atoms with van der Waals surface area (Å²) in [4.78, 5) is 12.0. The van der Waals surface area contributed by atoms with Crippen molar-refractivity contribution in [2.24, 2.45) is 0 Å². The van der Waals surface area contributed by atoms with Crippen molar-refractivity contribution >= 4 is 5.78 Å². The molecule has 0 heterocycles. The molecule has 0 aliphatic heterocycles. The smallest absolute Gasteiger partial charge is 0.201 e. The predicted molar refractivity (Wildman–Crippen MR) is 66.8 cm³/mol. The van der Waals surface area contributed by atoms with Gasteiger partial charge in [0.05, 0.1) is 5.56 Å². The summed E-state index contributed by atoms with van der Waals surface area (Å²) in [5.41, 5.74) is -0.242. The van der Waals surface area contributed by atoms with Gasteiger partial charge in [-0.15, -0.1) is 0 Å². The van der Waals surface area contributed by atoms with E-state index in [9.17, 15) is 18.7 Å². The molecule has 98 valence electrons. The standard InChI is InChI=1S/C15H12F2O2/c1-9-7-8-11(16)12(13(9)17)15(19)14(18)10-5-3-2-4-6-10/h2-8,14,18H,1H3. The van der Waals surface area contributed by atoms with E-state index in [1.54, 1.807) is 18.2 Å². The number of Topliss-reactive ketones (excluding diaryl/α,β-unsaturated/α-hetero) is 1. The van der Waals surface area contributed by atoms with Crippen LogP contribution in [0, 0.1) is 18.6 Å². The van der Waals surface area contributed by atoms with Crippen molar-refractivity contribution in [3.8, 4) is 0 Å². The van der Waals surface area contributed by atoms with Gasteiger partial charge in [0.25, 0.3) is 0 Å². The lowest BCUT2D eigenvalue weighted by atomic mass is 9.98. The minimum Gasteiger partial charge on any atom is -0.380 e. The summed E-state index contributed by atoms with van der Waals surface area (Å²) in [5.74, 6) is -2.88. The van der Waals surface area contributed by atoms with Gasteiger partial charge in [0.2, 0.25) is 5.78 Å². The predicted octanol–water partition coefficient (Wildman–Crippen LogP) is 3.19. The third kappa shape index (κ3) is 2.53. The first kappa shape index (κ1) is 13.4. The van der Waals surface area contributed by atoms with Gasteiger partial charge < -0.3 is 5.11 Å². The molecule has 1 atom stereocenters. The van der Waals surface area contributed by atoms with Crippen LogP contribution in [0.25, 0.3) is 0 Å². The van der Waals surface area contributed by atoms with E-state index < -0.39 is 29.1 Å². The number of hydrogen-bond acceptors (Lipinski definition) is 2. The van der Waals surface area contributed by atoms with E-state index in [0.29, 0.717) is 5.56 Å². The van der Waals surface area contributed by atoms with E-state index in [4.69, 9.17) is 0 Å². The van der Waals surface area contributed by atoms with E-state index in [0.717, 1.165) is 6.07 Å². The van der Waals surface area contributed by atoms with Crippen LogP contribution in [-0.2, 0) is 0 Å². The number of benzene rings is 2. The zero-order valence-electron chi connectivity index (χ0n) is 10.2. The van der Waals surface area contributed by atoms with E-state index in [2.05, 4.69) is 0 Å². The summed E-state index contributed by atoms with van der Waals surface area (Å²) in [6, 6.07) is 10.3. The van der Waals surface area contributed by atoms with E-state index in [1.807, 2.05) is 0 Å². The molecule has 0 spiro atoms. The van der Waals surface area contributed by atoms with Crippen LogP contribution in [0.1, 0.15) is 27.6 Å². The molecule has 0 aromatic heterocycles. The molecule has 0 radical (unpaired) electrons. The molecule has 2 rings (SSSR count). The molecule has 2 aromatic rings. The summed E-state index contributed by atoms with van der Waals surface area (Å²) >= 11 is 0. The molecular formula is C15H12F2O2. The molecule has 0 aliphatic carbocycles. The Morgan fingerprint density at radius 3 is 2.37 bits per heavy atom. The van der Waals surface area contributed by atoms with Gasteiger partial charge in [-0.1, -0.05) is 36.4 Å². The Morgan fingerprint density at radius 1 is 1.11 bits per heavy atom. The van der Waals surface area contributed by atoms with Gasteiger partial charge in [-0.05, 0) is 24.1 Å². The fraction of sp³-hybridized carbons (Fsp3) is 0.133. The minimum absolute atomic E-state index is 0.157. The van der Waals surface area contributed by atoms with Crippen LogP contribution in [0.2, 0.25) is 0 Å². The third-order valence-electron chi connectivity index (χ3n) is 2.89. The fourth-order valence-corrected chi connectivity index (χ4v) is 1.81. The average Bonchev–Trinajstić information content (AvgIpc) is 2.43. The molecule has 2 aromatic carbocycles. The largest absolute Gasteiger partial charge is 0.380 e. The lowest BCUT2D eigenvalue weighted by Gasteiger charge is -2.12. The van der Waals surface area contributed by atoms with Gasteiger partial charge in [0.15, 0.2) is 0 Å². The molecule has 0 saturated carbocycles. The Bertz CT molecular complexity index is 609. The number of carbonyl (C=O) groups excluding carboxylic acids is 1. The Labute approximate surface area is 109 Å². The summed E-state index contributed by atoms with van der Waals surface area (Å²) in [6.07, 6.45) is -1.58. The van der Waals surface area contributed by atoms with Crippen LogP contribution in [0.4, 0.5) is 8.78 Å². The molecule has 0 saturated heterocycles. The molecule has 0 amide bonds. The Morgan fingerprint density at radius 2 is 1.74 bits per heavy atom. The zero-order chi connectivity index (χ0) is 14.0. The van der Waals surface area contributed by atoms with E-state index in [1.165, 1.54) is 25.1 Å². The van der Waals surface area contributed by atoms with Crippen LogP contribution in [0.3, 0.4) is 0 Å². The lowest BCUT2D eigenvalue weighted by molar-refractivity contribution is 0.0738. The van der Waals surface area contributed by atoms with Gasteiger partial charge in [-0.25, -0.2) is 8.78 Å². The number of aliphatic hydroxyl groups excluding tert-OH is 1. The molecule has 4 heteroatoms. The van der Waals surface area contributed by atoms with Crippen molar-refractivity contribution in [1.29, 1.82) is 0 Å². The summed E-state index contributed by atoms with van der Waals surface area (Å²) in [6.45, 7) is 1.43. The number of hydrogen-bond donors (Lipinski definition) is 1. The van der Waals surface area contributed by atoms with Crippen LogP contribution < -0.4 is 0 Å². The third-order valence-corrected chi connectivity index (χ3v) is 2.89. The van der Waals surface area contributed by atoms with Crippen LogP contribution >= 0.6 is 0 Å². The number of carbonyl (C=O) groups is 1. The summed E-state index contributed by atoms with van der Waals surface area (Å²) in [5, 5.41) is 9.90. The first-order valence-corrected chi connectivity index (χ1v) is 5.74. The van der Waals surface area contributed by atoms with Crippen molar-refractivity contribution < 1.29 is 18.7 Å². The average molecular weight is 262 g/mol. The number of rotatable bonds is 3. The second-order valence-electron chi connectivity index (χ2n) is 4.23. The quantitative estimate of drug-likeness (QED) is 0.862.